The van der Waals surface area contributed by atoms with Crippen molar-refractivity contribution >= 4 is 34.4 Å². The number of hydrogen-bond acceptors (Lipinski definition) is 4. The Bertz CT molecular complexity index is 319. The lowest BCUT2D eigenvalue weighted by Crippen LogP contribution is -2.07. The zero-order chi connectivity index (χ0) is 10.4. The number of para-hydroxylation sites is 2. The summed E-state index contributed by atoms with van der Waals surface area (Å²) < 4.78 is 4.80. The summed E-state index contributed by atoms with van der Waals surface area (Å²) in [6.07, 6.45) is 0. The van der Waals surface area contributed by atoms with Gasteiger partial charge in [0.25, 0.3) is 5.69 Å². The summed E-state index contributed by atoms with van der Waals surface area (Å²) >= 11 is 1.78. The van der Waals surface area contributed by atoms with Gasteiger partial charge in [0.1, 0.15) is 28.7 Å². The quantitative estimate of drug-likeness (QED) is 0.392. The molecule has 6 heteroatoms. The number of nitro groups is 1. The Morgan fingerprint density at radius 2 is 2.21 bits per heavy atom. The molecule has 0 aliphatic carbocycles. The van der Waals surface area contributed by atoms with E-state index in [9.17, 15) is 10.1 Å². The first kappa shape index (κ1) is 11.2. The molecular formula is C8H9IN2O3. The Morgan fingerprint density at radius 1 is 1.50 bits per heavy atom. The van der Waals surface area contributed by atoms with Gasteiger partial charge in [0.05, 0.1) is 11.5 Å². The highest BCUT2D eigenvalue weighted by molar-refractivity contribution is 14.1. The fourth-order valence-electron chi connectivity index (χ4n) is 1.01. The van der Waals surface area contributed by atoms with Crippen LogP contribution in [-0.4, -0.2) is 18.1 Å². The van der Waals surface area contributed by atoms with E-state index in [0.717, 1.165) is 0 Å². The average Bonchev–Trinajstić information content (AvgIpc) is 2.19. The lowest BCUT2D eigenvalue weighted by Gasteiger charge is -2.04. The van der Waals surface area contributed by atoms with Gasteiger partial charge in [-0.2, -0.15) is 0 Å². The molecule has 0 heterocycles. The van der Waals surface area contributed by atoms with Crippen molar-refractivity contribution in [2.24, 2.45) is 0 Å². The molecule has 0 spiro atoms. The van der Waals surface area contributed by atoms with Crippen molar-refractivity contribution in [3.8, 4) is 0 Å². The molecule has 76 valence electrons. The number of hydrogen-bond donors (Lipinski definition) is 1. The van der Waals surface area contributed by atoms with Gasteiger partial charge in [-0.3, -0.25) is 10.1 Å². The third-order valence-electron chi connectivity index (χ3n) is 1.60. The largest absolute Gasteiger partial charge is 0.377 e. The zero-order valence-corrected chi connectivity index (χ0v) is 9.43. The topological polar surface area (TPSA) is 64.4 Å². The van der Waals surface area contributed by atoms with Crippen molar-refractivity contribution < 1.29 is 7.99 Å². The summed E-state index contributed by atoms with van der Waals surface area (Å²) in [7, 11) is 0. The van der Waals surface area contributed by atoms with Gasteiger partial charge in [-0.15, -0.1) is 0 Å². The van der Waals surface area contributed by atoms with E-state index in [1.165, 1.54) is 6.07 Å². The monoisotopic (exact) mass is 308 g/mol. The summed E-state index contributed by atoms with van der Waals surface area (Å²) in [6, 6.07) is 6.52. The Kier molecular flexibility index (Phi) is 4.60. The third kappa shape index (κ3) is 3.11. The third-order valence-corrected chi connectivity index (χ3v) is 2.04. The van der Waals surface area contributed by atoms with E-state index in [1.807, 2.05) is 0 Å². The fourth-order valence-corrected chi connectivity index (χ4v) is 1.23. The van der Waals surface area contributed by atoms with Crippen LogP contribution in [0, 0.1) is 10.1 Å². The smallest absolute Gasteiger partial charge is 0.292 e. The number of anilines is 1. The molecule has 5 nitrogen and oxygen atoms in total. The highest BCUT2D eigenvalue weighted by Gasteiger charge is 2.10. The van der Waals surface area contributed by atoms with Crippen LogP contribution in [0.5, 0.6) is 0 Å². The SMILES string of the molecule is O=[N+]([O-])c1ccccc1NCCOI. The van der Waals surface area contributed by atoms with Crippen molar-refractivity contribution in [2.45, 2.75) is 0 Å². The first-order valence-corrected chi connectivity index (χ1v) is 4.84. The zero-order valence-electron chi connectivity index (χ0n) is 7.27. The minimum Gasteiger partial charge on any atom is -0.377 e. The van der Waals surface area contributed by atoms with Crippen molar-refractivity contribution in [3.63, 3.8) is 0 Å². The number of rotatable bonds is 5. The minimum absolute atomic E-state index is 0.0842. The van der Waals surface area contributed by atoms with Crippen LogP contribution in [-0.2, 0) is 3.07 Å². The molecule has 0 aliphatic heterocycles. The molecule has 14 heavy (non-hydrogen) atoms. The molecule has 0 aliphatic rings. The molecule has 0 radical (unpaired) electrons. The van der Waals surface area contributed by atoms with Crippen LogP contribution in [0.3, 0.4) is 0 Å². The molecule has 1 aromatic rings. The van der Waals surface area contributed by atoms with Gasteiger partial charge in [0, 0.05) is 12.6 Å². The molecule has 0 amide bonds. The highest BCUT2D eigenvalue weighted by Crippen LogP contribution is 2.22. The Balaban J connectivity index is 2.69. The van der Waals surface area contributed by atoms with Crippen molar-refractivity contribution in [1.82, 2.24) is 0 Å². The fraction of sp³-hybridized carbons (Fsp3) is 0.250. The van der Waals surface area contributed by atoms with Crippen LogP contribution >= 0.6 is 23.0 Å². The Labute approximate surface area is 95.3 Å². The summed E-state index contributed by atoms with van der Waals surface area (Å²) in [6.45, 7) is 1.06. The molecule has 0 atom stereocenters. The minimum atomic E-state index is -0.409. The molecule has 0 fully saturated rings. The lowest BCUT2D eigenvalue weighted by atomic mass is 10.2. The number of nitrogens with zero attached hydrogens (tertiary/aromatic N) is 1. The predicted molar refractivity (Wildman–Crippen MR) is 61.6 cm³/mol. The molecule has 1 N–H and O–H groups in total. The predicted octanol–water partition coefficient (Wildman–Crippen LogP) is 2.37. The summed E-state index contributed by atoms with van der Waals surface area (Å²) in [5.74, 6) is 0. The van der Waals surface area contributed by atoms with Gasteiger partial charge in [0.2, 0.25) is 0 Å². The number of benzene rings is 1. The van der Waals surface area contributed by atoms with Gasteiger partial charge in [-0.05, 0) is 6.07 Å². The molecule has 1 rings (SSSR count). The average molecular weight is 308 g/mol. The molecule has 0 bridgehead atoms. The van der Waals surface area contributed by atoms with Crippen LogP contribution in [0.2, 0.25) is 0 Å². The van der Waals surface area contributed by atoms with Gasteiger partial charge in [-0.25, -0.2) is 0 Å². The maximum absolute atomic E-state index is 10.6. The summed E-state index contributed by atoms with van der Waals surface area (Å²) in [4.78, 5) is 10.2. The standard InChI is InChI=1S/C8H9IN2O3/c9-14-6-5-10-7-3-1-2-4-8(7)11(12)13/h1-4,10H,5-6H2. The molecule has 0 unspecified atom stereocenters. The van der Waals surface area contributed by atoms with Gasteiger partial charge in [0.15, 0.2) is 0 Å². The normalized spacial score (nSPS) is 9.79. The van der Waals surface area contributed by atoms with Crippen molar-refractivity contribution in [3.05, 3.63) is 34.4 Å². The van der Waals surface area contributed by atoms with Crippen LogP contribution in [0.25, 0.3) is 0 Å². The summed E-state index contributed by atoms with van der Waals surface area (Å²) in [5.41, 5.74) is 0.604. The van der Waals surface area contributed by atoms with Crippen LogP contribution in [0.4, 0.5) is 11.4 Å². The van der Waals surface area contributed by atoms with E-state index < -0.39 is 4.92 Å². The van der Waals surface area contributed by atoms with E-state index in [4.69, 9.17) is 3.07 Å². The number of halogens is 1. The summed E-state index contributed by atoms with van der Waals surface area (Å²) in [5, 5.41) is 13.5. The second-order valence-electron chi connectivity index (χ2n) is 2.51. The Hall–Kier alpha value is -0.890. The van der Waals surface area contributed by atoms with Crippen molar-refractivity contribution in [2.75, 3.05) is 18.5 Å². The molecule has 0 saturated heterocycles. The molecule has 0 saturated carbocycles. The van der Waals surface area contributed by atoms with Crippen molar-refractivity contribution in [1.29, 1.82) is 0 Å². The van der Waals surface area contributed by atoms with Gasteiger partial charge >= 0.3 is 0 Å². The maximum atomic E-state index is 10.6. The first-order valence-electron chi connectivity index (χ1n) is 3.96. The van der Waals surface area contributed by atoms with E-state index >= 15 is 0 Å². The number of nitrogens with one attached hydrogen (secondary N) is 1. The van der Waals surface area contributed by atoms with E-state index in [2.05, 4.69) is 5.32 Å². The van der Waals surface area contributed by atoms with Crippen LogP contribution < -0.4 is 5.32 Å². The lowest BCUT2D eigenvalue weighted by molar-refractivity contribution is -0.384. The van der Waals surface area contributed by atoms with E-state index in [-0.39, 0.29) is 5.69 Å². The Morgan fingerprint density at radius 3 is 2.86 bits per heavy atom. The van der Waals surface area contributed by atoms with E-state index in [0.29, 0.717) is 18.8 Å². The maximum Gasteiger partial charge on any atom is 0.292 e. The van der Waals surface area contributed by atoms with Gasteiger partial charge in [-0.1, -0.05) is 12.1 Å². The van der Waals surface area contributed by atoms with Crippen LogP contribution in [0.15, 0.2) is 24.3 Å². The van der Waals surface area contributed by atoms with E-state index in [1.54, 1.807) is 41.2 Å². The van der Waals surface area contributed by atoms with Crippen LogP contribution in [0.1, 0.15) is 0 Å². The molecule has 0 aromatic heterocycles. The molecular weight excluding hydrogens is 299 g/mol. The number of nitro benzene ring substituents is 1. The molecule has 1 aromatic carbocycles. The highest BCUT2D eigenvalue weighted by atomic mass is 127. The second kappa shape index (κ2) is 5.76. The second-order valence-corrected chi connectivity index (χ2v) is 3.14. The first-order chi connectivity index (χ1) is 6.75. The van der Waals surface area contributed by atoms with Gasteiger partial charge < -0.3 is 8.38 Å².